The standard InChI is InChI=1S/C15H20N2O.ClH/c1-10-8-17(9-11(10)2)15(18)13-3-4-14-12(7-13)5-6-16-14;/h3-4,7,10-11,16H,5-6,8-9H2,1-2H3;1H. The van der Waals surface area contributed by atoms with Crippen LogP contribution < -0.4 is 5.32 Å². The summed E-state index contributed by atoms with van der Waals surface area (Å²) >= 11 is 0. The Balaban J connectivity index is 0.00000133. The third kappa shape index (κ3) is 2.57. The van der Waals surface area contributed by atoms with Gasteiger partial charge in [-0.25, -0.2) is 0 Å². The van der Waals surface area contributed by atoms with Gasteiger partial charge in [0.15, 0.2) is 0 Å². The zero-order valence-corrected chi connectivity index (χ0v) is 12.3. The van der Waals surface area contributed by atoms with E-state index in [1.165, 1.54) is 11.3 Å². The fourth-order valence-electron chi connectivity index (χ4n) is 2.92. The van der Waals surface area contributed by atoms with Crippen molar-refractivity contribution in [1.82, 2.24) is 4.90 Å². The Morgan fingerprint density at radius 1 is 1.26 bits per heavy atom. The maximum Gasteiger partial charge on any atom is 0.253 e. The molecule has 2 aliphatic heterocycles. The molecule has 2 aliphatic rings. The number of nitrogens with one attached hydrogen (secondary N) is 1. The number of carbonyl (C=O) groups excluding carboxylic acids is 1. The number of halogens is 1. The van der Waals surface area contributed by atoms with Gasteiger partial charge in [-0.3, -0.25) is 4.79 Å². The zero-order chi connectivity index (χ0) is 12.7. The molecular formula is C15H21ClN2O. The number of nitrogens with zero attached hydrogens (tertiary/aromatic N) is 1. The van der Waals surface area contributed by atoms with Gasteiger partial charge in [-0.05, 0) is 42.0 Å². The Bertz CT molecular complexity index is 479. The summed E-state index contributed by atoms with van der Waals surface area (Å²) < 4.78 is 0. The Kier molecular flexibility index (Phi) is 4.04. The fraction of sp³-hybridized carbons (Fsp3) is 0.533. The molecule has 0 saturated carbocycles. The van der Waals surface area contributed by atoms with Crippen molar-refractivity contribution >= 4 is 24.0 Å². The molecular weight excluding hydrogens is 260 g/mol. The first-order valence-corrected chi connectivity index (χ1v) is 6.81. The molecule has 2 unspecified atom stereocenters. The first-order valence-electron chi connectivity index (χ1n) is 6.81. The van der Waals surface area contributed by atoms with Crippen LogP contribution in [0.25, 0.3) is 0 Å². The van der Waals surface area contributed by atoms with Gasteiger partial charge in [0.1, 0.15) is 0 Å². The number of rotatable bonds is 1. The maximum absolute atomic E-state index is 12.4. The van der Waals surface area contributed by atoms with E-state index in [0.29, 0.717) is 11.8 Å². The average molecular weight is 281 g/mol. The zero-order valence-electron chi connectivity index (χ0n) is 11.5. The van der Waals surface area contributed by atoms with E-state index in [1.807, 2.05) is 17.0 Å². The van der Waals surface area contributed by atoms with Crippen LogP contribution in [0.3, 0.4) is 0 Å². The smallest absolute Gasteiger partial charge is 0.253 e. The van der Waals surface area contributed by atoms with Gasteiger partial charge < -0.3 is 10.2 Å². The van der Waals surface area contributed by atoms with Crippen LogP contribution in [0.2, 0.25) is 0 Å². The molecule has 0 aliphatic carbocycles. The largest absolute Gasteiger partial charge is 0.384 e. The number of hydrogen-bond donors (Lipinski definition) is 1. The number of anilines is 1. The monoisotopic (exact) mass is 280 g/mol. The molecule has 3 rings (SSSR count). The van der Waals surface area contributed by atoms with E-state index in [9.17, 15) is 4.79 Å². The van der Waals surface area contributed by atoms with Gasteiger partial charge in [0, 0.05) is 30.9 Å². The molecule has 0 radical (unpaired) electrons. The van der Waals surface area contributed by atoms with Crippen LogP contribution in [0.4, 0.5) is 5.69 Å². The molecule has 0 aromatic heterocycles. The molecule has 1 fully saturated rings. The molecule has 2 atom stereocenters. The van der Waals surface area contributed by atoms with Crippen molar-refractivity contribution in [3.05, 3.63) is 29.3 Å². The van der Waals surface area contributed by atoms with Crippen LogP contribution in [0, 0.1) is 11.8 Å². The van der Waals surface area contributed by atoms with Gasteiger partial charge in [-0.1, -0.05) is 13.8 Å². The number of hydrogen-bond acceptors (Lipinski definition) is 2. The Morgan fingerprint density at radius 3 is 2.63 bits per heavy atom. The molecule has 1 N–H and O–H groups in total. The number of fused-ring (bicyclic) bond motifs is 1. The minimum absolute atomic E-state index is 0. The predicted molar refractivity (Wildman–Crippen MR) is 80.1 cm³/mol. The van der Waals surface area contributed by atoms with Crippen LogP contribution in [0.1, 0.15) is 29.8 Å². The predicted octanol–water partition coefficient (Wildman–Crippen LogP) is 2.80. The summed E-state index contributed by atoms with van der Waals surface area (Å²) in [5.41, 5.74) is 3.31. The molecule has 19 heavy (non-hydrogen) atoms. The highest BCUT2D eigenvalue weighted by atomic mass is 35.5. The summed E-state index contributed by atoms with van der Waals surface area (Å²) in [7, 11) is 0. The normalized spacial score (nSPS) is 24.6. The van der Waals surface area contributed by atoms with E-state index in [0.717, 1.165) is 31.6 Å². The second-order valence-corrected chi connectivity index (χ2v) is 5.71. The van der Waals surface area contributed by atoms with Crippen LogP contribution in [-0.2, 0) is 6.42 Å². The second-order valence-electron chi connectivity index (χ2n) is 5.71. The number of likely N-dealkylation sites (tertiary alicyclic amines) is 1. The lowest BCUT2D eigenvalue weighted by Gasteiger charge is -2.16. The highest BCUT2D eigenvalue weighted by Gasteiger charge is 2.30. The van der Waals surface area contributed by atoms with Gasteiger partial charge in [0.05, 0.1) is 0 Å². The highest BCUT2D eigenvalue weighted by Crippen LogP contribution is 2.27. The molecule has 104 valence electrons. The molecule has 0 bridgehead atoms. The third-order valence-electron chi connectivity index (χ3n) is 4.34. The maximum atomic E-state index is 12.4. The minimum atomic E-state index is 0. The second kappa shape index (κ2) is 5.41. The van der Waals surface area contributed by atoms with Crippen molar-refractivity contribution in [3.8, 4) is 0 Å². The lowest BCUT2D eigenvalue weighted by molar-refractivity contribution is 0.0785. The summed E-state index contributed by atoms with van der Waals surface area (Å²) in [5.74, 6) is 1.43. The van der Waals surface area contributed by atoms with Crippen molar-refractivity contribution in [2.75, 3.05) is 25.0 Å². The first kappa shape index (κ1) is 14.2. The summed E-state index contributed by atoms with van der Waals surface area (Å²) in [6.45, 7) is 7.24. The fourth-order valence-corrected chi connectivity index (χ4v) is 2.92. The lowest BCUT2D eigenvalue weighted by atomic mass is 10.0. The van der Waals surface area contributed by atoms with E-state index in [2.05, 4.69) is 25.2 Å². The van der Waals surface area contributed by atoms with Gasteiger partial charge in [-0.2, -0.15) is 0 Å². The van der Waals surface area contributed by atoms with Crippen LogP contribution in [0.15, 0.2) is 18.2 Å². The molecule has 1 amide bonds. The Hall–Kier alpha value is -1.22. The molecule has 1 aromatic rings. The van der Waals surface area contributed by atoms with Crippen molar-refractivity contribution < 1.29 is 4.79 Å². The van der Waals surface area contributed by atoms with E-state index in [-0.39, 0.29) is 18.3 Å². The number of benzene rings is 1. The number of amides is 1. The van der Waals surface area contributed by atoms with E-state index < -0.39 is 0 Å². The van der Waals surface area contributed by atoms with Crippen LogP contribution in [-0.4, -0.2) is 30.4 Å². The number of carbonyl (C=O) groups is 1. The molecule has 3 nitrogen and oxygen atoms in total. The molecule has 1 aromatic carbocycles. The van der Waals surface area contributed by atoms with Crippen molar-refractivity contribution in [2.45, 2.75) is 20.3 Å². The summed E-state index contributed by atoms with van der Waals surface area (Å²) in [5, 5.41) is 3.32. The topological polar surface area (TPSA) is 32.3 Å². The van der Waals surface area contributed by atoms with Gasteiger partial charge in [0.25, 0.3) is 5.91 Å². The van der Waals surface area contributed by atoms with E-state index in [4.69, 9.17) is 0 Å². The molecule has 2 heterocycles. The average Bonchev–Trinajstić information content (AvgIpc) is 2.95. The first-order chi connectivity index (χ1) is 8.65. The minimum Gasteiger partial charge on any atom is -0.384 e. The lowest BCUT2D eigenvalue weighted by Crippen LogP contribution is -2.28. The summed E-state index contributed by atoms with van der Waals surface area (Å²) in [6, 6.07) is 6.05. The molecule has 4 heteroatoms. The van der Waals surface area contributed by atoms with Crippen LogP contribution >= 0.6 is 12.4 Å². The van der Waals surface area contributed by atoms with Gasteiger partial charge in [0.2, 0.25) is 0 Å². The Labute approximate surface area is 120 Å². The van der Waals surface area contributed by atoms with Crippen LogP contribution in [0.5, 0.6) is 0 Å². The van der Waals surface area contributed by atoms with Crippen molar-refractivity contribution in [1.29, 1.82) is 0 Å². The SMILES string of the molecule is CC1CN(C(=O)c2ccc3c(c2)CCN3)CC1C.Cl. The highest BCUT2D eigenvalue weighted by molar-refractivity contribution is 5.95. The molecule has 1 saturated heterocycles. The summed E-state index contributed by atoms with van der Waals surface area (Å²) in [4.78, 5) is 14.4. The Morgan fingerprint density at radius 2 is 1.95 bits per heavy atom. The van der Waals surface area contributed by atoms with Gasteiger partial charge in [-0.15, -0.1) is 12.4 Å². The van der Waals surface area contributed by atoms with E-state index in [1.54, 1.807) is 0 Å². The van der Waals surface area contributed by atoms with Crippen molar-refractivity contribution in [2.24, 2.45) is 11.8 Å². The van der Waals surface area contributed by atoms with Gasteiger partial charge >= 0.3 is 0 Å². The van der Waals surface area contributed by atoms with Crippen molar-refractivity contribution in [3.63, 3.8) is 0 Å². The molecule has 0 spiro atoms. The summed E-state index contributed by atoms with van der Waals surface area (Å²) in [6.07, 6.45) is 1.03. The quantitative estimate of drug-likeness (QED) is 0.858. The van der Waals surface area contributed by atoms with E-state index >= 15 is 0 Å². The third-order valence-corrected chi connectivity index (χ3v) is 4.34.